The second-order valence-corrected chi connectivity index (χ2v) is 9.30. The monoisotopic (exact) mass is 460 g/mol. The van der Waals surface area contributed by atoms with E-state index < -0.39 is 11.2 Å². The largest absolute Gasteiger partial charge is 0.395 e. The highest BCUT2D eigenvalue weighted by atomic mass is 35.5. The van der Waals surface area contributed by atoms with Crippen molar-refractivity contribution in [2.75, 3.05) is 11.9 Å². The molecule has 0 aromatic carbocycles. The van der Waals surface area contributed by atoms with E-state index in [1.165, 1.54) is 0 Å². The lowest BCUT2D eigenvalue weighted by atomic mass is 9.88. The molecule has 3 heterocycles. The molecular formula is C22H26ClFN6O2. The predicted octanol–water partition coefficient (Wildman–Crippen LogP) is 3.67. The zero-order valence-corrected chi connectivity index (χ0v) is 18.7. The number of nitrogens with zero attached hydrogens (tertiary/aromatic N) is 3. The van der Waals surface area contributed by atoms with Crippen molar-refractivity contribution in [3.63, 3.8) is 0 Å². The lowest BCUT2D eigenvalue weighted by molar-refractivity contribution is -0.132. The zero-order valence-electron chi connectivity index (χ0n) is 18.0. The number of aliphatic hydroxyl groups is 1. The minimum Gasteiger partial charge on any atom is -0.395 e. The molecule has 0 aliphatic heterocycles. The Hall–Kier alpha value is -2.78. The Morgan fingerprint density at radius 1 is 1.31 bits per heavy atom. The van der Waals surface area contributed by atoms with E-state index >= 15 is 0 Å². The Labute approximate surface area is 190 Å². The van der Waals surface area contributed by atoms with E-state index in [1.807, 2.05) is 0 Å². The van der Waals surface area contributed by atoms with E-state index in [4.69, 9.17) is 11.6 Å². The minimum absolute atomic E-state index is 0.0502. The van der Waals surface area contributed by atoms with E-state index in [2.05, 4.69) is 30.6 Å². The highest BCUT2D eigenvalue weighted by molar-refractivity contribution is 6.31. The number of carbonyl (C=O) groups is 1. The summed E-state index contributed by atoms with van der Waals surface area (Å²) in [7, 11) is 0. The van der Waals surface area contributed by atoms with Gasteiger partial charge in [-0.3, -0.25) is 4.79 Å². The number of H-pyrrole nitrogens is 1. The first kappa shape index (κ1) is 22.4. The number of carbonyl (C=O) groups excluding carboxylic acids is 1. The standard InChI is InChI=1S/C22H26ClFN6O2/c1-22(2,11-31)21(32)29-14-5-3-4-13(7-14)28-20-17(24)10-27-19(30-20)16-9-26-18-15(16)6-12(23)8-25-18/h6,8-10,13-14,31H,3-5,7,11H2,1-2H3,(H,25,26)(H,29,32)(H,27,28,30). The Morgan fingerprint density at radius 3 is 2.88 bits per heavy atom. The molecule has 0 bridgehead atoms. The number of pyridine rings is 1. The van der Waals surface area contributed by atoms with Crippen LogP contribution in [0.15, 0.2) is 24.7 Å². The third-order valence-corrected chi connectivity index (χ3v) is 6.05. The number of nitrogens with one attached hydrogen (secondary N) is 3. The van der Waals surface area contributed by atoms with Crippen molar-refractivity contribution in [2.24, 2.45) is 5.41 Å². The maximum absolute atomic E-state index is 14.5. The number of aromatic amines is 1. The third kappa shape index (κ3) is 4.68. The number of amides is 1. The molecule has 1 aliphatic rings. The van der Waals surface area contributed by atoms with Gasteiger partial charge in [0.15, 0.2) is 17.5 Å². The average Bonchev–Trinajstić information content (AvgIpc) is 3.18. The molecule has 4 rings (SSSR count). The smallest absolute Gasteiger partial charge is 0.228 e. The van der Waals surface area contributed by atoms with Crippen molar-refractivity contribution in [3.8, 4) is 11.4 Å². The Kier molecular flexibility index (Phi) is 6.30. The maximum Gasteiger partial charge on any atom is 0.228 e. The van der Waals surface area contributed by atoms with Crippen molar-refractivity contribution in [1.29, 1.82) is 0 Å². The second kappa shape index (κ2) is 8.99. The topological polar surface area (TPSA) is 116 Å². The lowest BCUT2D eigenvalue weighted by Gasteiger charge is -2.33. The van der Waals surface area contributed by atoms with Gasteiger partial charge in [0, 0.05) is 35.4 Å². The van der Waals surface area contributed by atoms with Crippen LogP contribution in [0, 0.1) is 11.2 Å². The molecule has 3 aromatic rings. The fraction of sp³-hybridized carbons (Fsp3) is 0.455. The molecule has 10 heteroatoms. The minimum atomic E-state index is -0.842. The number of aromatic nitrogens is 4. The van der Waals surface area contributed by atoms with Crippen LogP contribution < -0.4 is 10.6 Å². The lowest BCUT2D eigenvalue weighted by Crippen LogP contribution is -2.47. The summed E-state index contributed by atoms with van der Waals surface area (Å²) in [5.41, 5.74) is 0.479. The molecule has 1 amide bonds. The van der Waals surface area contributed by atoms with Crippen molar-refractivity contribution in [2.45, 2.75) is 51.6 Å². The summed E-state index contributed by atoms with van der Waals surface area (Å²) >= 11 is 6.07. The molecule has 3 aromatic heterocycles. The van der Waals surface area contributed by atoms with Gasteiger partial charge in [0.2, 0.25) is 5.91 Å². The fourth-order valence-electron chi connectivity index (χ4n) is 3.86. The third-order valence-electron chi connectivity index (χ3n) is 5.84. The summed E-state index contributed by atoms with van der Waals surface area (Å²) in [6.07, 6.45) is 7.61. The molecule has 1 saturated carbocycles. The first-order valence-corrected chi connectivity index (χ1v) is 11.0. The normalized spacial score (nSPS) is 19.2. The van der Waals surface area contributed by atoms with E-state index in [0.29, 0.717) is 28.5 Å². The van der Waals surface area contributed by atoms with Gasteiger partial charge in [-0.15, -0.1) is 0 Å². The molecule has 170 valence electrons. The van der Waals surface area contributed by atoms with Gasteiger partial charge in [0.1, 0.15) is 5.65 Å². The summed E-state index contributed by atoms with van der Waals surface area (Å²) in [5.74, 6) is -0.258. The van der Waals surface area contributed by atoms with Gasteiger partial charge in [0.05, 0.1) is 23.2 Å². The molecule has 0 saturated heterocycles. The molecule has 1 aliphatic carbocycles. The van der Waals surface area contributed by atoms with Gasteiger partial charge in [0.25, 0.3) is 0 Å². The van der Waals surface area contributed by atoms with Crippen molar-refractivity contribution >= 4 is 34.4 Å². The van der Waals surface area contributed by atoms with Crippen LogP contribution in [0.1, 0.15) is 39.5 Å². The van der Waals surface area contributed by atoms with Gasteiger partial charge in [-0.25, -0.2) is 19.3 Å². The van der Waals surface area contributed by atoms with Crippen LogP contribution in [-0.4, -0.2) is 49.6 Å². The molecular weight excluding hydrogens is 435 g/mol. The highest BCUT2D eigenvalue weighted by Gasteiger charge is 2.31. The van der Waals surface area contributed by atoms with Gasteiger partial charge < -0.3 is 20.7 Å². The SMILES string of the molecule is CC(C)(CO)C(=O)NC1CCCC(Nc2nc(-c3c[nH]c4ncc(Cl)cc34)ncc2F)C1. The Balaban J connectivity index is 1.51. The average molecular weight is 461 g/mol. The molecule has 0 radical (unpaired) electrons. The molecule has 32 heavy (non-hydrogen) atoms. The summed E-state index contributed by atoms with van der Waals surface area (Å²) in [6.45, 7) is 3.18. The van der Waals surface area contributed by atoms with E-state index in [0.717, 1.165) is 30.8 Å². The molecule has 4 N–H and O–H groups in total. The highest BCUT2D eigenvalue weighted by Crippen LogP contribution is 2.29. The van der Waals surface area contributed by atoms with Crippen molar-refractivity contribution < 1.29 is 14.3 Å². The number of hydrogen-bond acceptors (Lipinski definition) is 6. The maximum atomic E-state index is 14.5. The van der Waals surface area contributed by atoms with Gasteiger partial charge in [-0.1, -0.05) is 11.6 Å². The fourth-order valence-corrected chi connectivity index (χ4v) is 4.02. The number of anilines is 1. The van der Waals surface area contributed by atoms with Crippen LogP contribution in [0.4, 0.5) is 10.2 Å². The van der Waals surface area contributed by atoms with E-state index in [9.17, 15) is 14.3 Å². The number of aliphatic hydroxyl groups excluding tert-OH is 1. The zero-order chi connectivity index (χ0) is 22.9. The number of halogens is 2. The van der Waals surface area contributed by atoms with Crippen LogP contribution in [-0.2, 0) is 4.79 Å². The number of fused-ring (bicyclic) bond motifs is 1. The van der Waals surface area contributed by atoms with Crippen LogP contribution in [0.3, 0.4) is 0 Å². The summed E-state index contributed by atoms with van der Waals surface area (Å²) in [5, 5.41) is 16.8. The van der Waals surface area contributed by atoms with Crippen molar-refractivity contribution in [1.82, 2.24) is 25.3 Å². The molecule has 8 nitrogen and oxygen atoms in total. The van der Waals surface area contributed by atoms with Gasteiger partial charge in [-0.05, 0) is 45.6 Å². The van der Waals surface area contributed by atoms with E-state index in [1.54, 1.807) is 32.3 Å². The van der Waals surface area contributed by atoms with Gasteiger partial charge in [-0.2, -0.15) is 0 Å². The molecule has 1 fully saturated rings. The predicted molar refractivity (Wildman–Crippen MR) is 121 cm³/mol. The van der Waals surface area contributed by atoms with Crippen LogP contribution in [0.5, 0.6) is 0 Å². The van der Waals surface area contributed by atoms with Crippen LogP contribution in [0.2, 0.25) is 5.02 Å². The number of rotatable bonds is 6. The summed E-state index contributed by atoms with van der Waals surface area (Å²) < 4.78 is 14.5. The Bertz CT molecular complexity index is 1130. The van der Waals surface area contributed by atoms with E-state index in [-0.39, 0.29) is 30.4 Å². The molecule has 2 unspecified atom stereocenters. The first-order chi connectivity index (χ1) is 15.3. The summed E-state index contributed by atoms with van der Waals surface area (Å²) in [4.78, 5) is 28.2. The van der Waals surface area contributed by atoms with Crippen LogP contribution in [0.25, 0.3) is 22.4 Å². The van der Waals surface area contributed by atoms with Crippen LogP contribution >= 0.6 is 11.6 Å². The Morgan fingerprint density at radius 2 is 2.09 bits per heavy atom. The quantitative estimate of drug-likeness (QED) is 0.446. The van der Waals surface area contributed by atoms with Gasteiger partial charge >= 0.3 is 0 Å². The molecule has 2 atom stereocenters. The second-order valence-electron chi connectivity index (χ2n) is 8.86. The number of hydrogen-bond donors (Lipinski definition) is 4. The first-order valence-electron chi connectivity index (χ1n) is 10.6. The summed E-state index contributed by atoms with van der Waals surface area (Å²) in [6, 6.07) is 1.66. The van der Waals surface area contributed by atoms with Crippen molar-refractivity contribution in [3.05, 3.63) is 35.5 Å². The molecule has 0 spiro atoms.